The maximum atomic E-state index is 12.9. The van der Waals surface area contributed by atoms with Crippen molar-refractivity contribution in [3.05, 3.63) is 18.4 Å². The van der Waals surface area contributed by atoms with Crippen molar-refractivity contribution in [3.8, 4) is 11.6 Å². The van der Waals surface area contributed by atoms with Gasteiger partial charge in [-0.3, -0.25) is 4.79 Å². The number of rotatable bonds is 7. The van der Waals surface area contributed by atoms with E-state index in [2.05, 4.69) is 10.2 Å². The number of hydrogen-bond acceptors (Lipinski definition) is 7. The first-order valence-corrected chi connectivity index (χ1v) is 11.7. The van der Waals surface area contributed by atoms with Crippen LogP contribution in [-0.2, 0) is 21.7 Å². The molecule has 0 aliphatic carbocycles. The van der Waals surface area contributed by atoms with Gasteiger partial charge < -0.3 is 13.9 Å². The van der Waals surface area contributed by atoms with E-state index in [1.807, 2.05) is 20.9 Å². The van der Waals surface area contributed by atoms with Gasteiger partial charge in [-0.05, 0) is 31.9 Å². The second kappa shape index (κ2) is 8.05. The average Bonchev–Trinajstić information content (AvgIpc) is 3.34. The summed E-state index contributed by atoms with van der Waals surface area (Å²) in [5, 5.41) is 8.87. The predicted octanol–water partition coefficient (Wildman–Crippen LogP) is 1.98. The molecule has 0 N–H and O–H groups in total. The van der Waals surface area contributed by atoms with Crippen LogP contribution in [0.3, 0.4) is 0 Å². The summed E-state index contributed by atoms with van der Waals surface area (Å²) in [6, 6.07) is 3.33. The number of thioether (sulfide) groups is 1. The average molecular weight is 413 g/mol. The van der Waals surface area contributed by atoms with Crippen molar-refractivity contribution in [2.45, 2.75) is 43.9 Å². The molecular formula is C17H24N4O4S2. The molecule has 1 saturated heterocycles. The Morgan fingerprint density at radius 3 is 2.85 bits per heavy atom. The van der Waals surface area contributed by atoms with E-state index in [0.29, 0.717) is 23.2 Å². The number of nitrogens with zero attached hydrogens (tertiary/aromatic N) is 4. The minimum Gasteiger partial charge on any atom is -0.461 e. The van der Waals surface area contributed by atoms with Crippen LogP contribution in [0.15, 0.2) is 28.0 Å². The Labute approximate surface area is 163 Å². The summed E-state index contributed by atoms with van der Waals surface area (Å²) in [5.41, 5.74) is 0. The lowest BCUT2D eigenvalue weighted by atomic mass is 10.1. The third-order valence-corrected chi connectivity index (χ3v) is 7.61. The van der Waals surface area contributed by atoms with Gasteiger partial charge in [-0.2, -0.15) is 0 Å². The zero-order valence-corrected chi connectivity index (χ0v) is 17.3. The van der Waals surface area contributed by atoms with Crippen LogP contribution >= 0.6 is 11.8 Å². The fourth-order valence-corrected chi connectivity index (χ4v) is 5.75. The lowest BCUT2D eigenvalue weighted by Crippen LogP contribution is -2.47. The maximum absolute atomic E-state index is 12.9. The van der Waals surface area contributed by atoms with Crippen LogP contribution < -0.4 is 0 Å². The molecule has 3 heterocycles. The third kappa shape index (κ3) is 4.37. The number of sulfone groups is 1. The molecule has 148 valence electrons. The van der Waals surface area contributed by atoms with Crippen LogP contribution in [0.5, 0.6) is 0 Å². The van der Waals surface area contributed by atoms with Crippen molar-refractivity contribution in [3.63, 3.8) is 0 Å². The number of carbonyl (C=O) groups is 1. The van der Waals surface area contributed by atoms with Crippen LogP contribution in [0, 0.1) is 0 Å². The van der Waals surface area contributed by atoms with Gasteiger partial charge in [0.25, 0.3) is 0 Å². The van der Waals surface area contributed by atoms with Gasteiger partial charge in [-0.15, -0.1) is 10.2 Å². The molecule has 2 aromatic heterocycles. The van der Waals surface area contributed by atoms with Gasteiger partial charge >= 0.3 is 0 Å². The van der Waals surface area contributed by atoms with Gasteiger partial charge in [0.1, 0.15) is 0 Å². The molecule has 2 aromatic rings. The van der Waals surface area contributed by atoms with Crippen LogP contribution in [0.1, 0.15) is 26.7 Å². The Hall–Kier alpha value is -1.81. The first-order chi connectivity index (χ1) is 12.8. The fourth-order valence-electron chi connectivity index (χ4n) is 3.26. The Bertz CT molecular complexity index is 892. The number of carbonyl (C=O) groups excluding carboxylic acids is 1. The quantitative estimate of drug-likeness (QED) is 0.641. The molecule has 0 radical (unpaired) electrons. The number of amides is 1. The standard InChI is InChI=1S/C17H24N4O4S2/c1-4-12(2)21(13-7-9-27(23,24)11-13)15(22)10-26-17-19-18-16(20(17)3)14-6-5-8-25-14/h5-6,8,12-13H,4,7,9-11H2,1-3H3/t12-,13-/m1/s1. The maximum Gasteiger partial charge on any atom is 0.233 e. The van der Waals surface area contributed by atoms with E-state index >= 15 is 0 Å². The summed E-state index contributed by atoms with van der Waals surface area (Å²) in [4.78, 5) is 14.6. The van der Waals surface area contributed by atoms with E-state index in [4.69, 9.17) is 4.42 Å². The van der Waals surface area contributed by atoms with Crippen molar-refractivity contribution < 1.29 is 17.6 Å². The Kier molecular flexibility index (Phi) is 5.95. The highest BCUT2D eigenvalue weighted by atomic mass is 32.2. The van der Waals surface area contributed by atoms with Crippen LogP contribution in [-0.4, -0.2) is 63.3 Å². The summed E-state index contributed by atoms with van der Waals surface area (Å²) < 4.78 is 30.8. The normalized spacial score (nSPS) is 19.9. The van der Waals surface area contributed by atoms with Gasteiger partial charge in [0.15, 0.2) is 26.6 Å². The molecular weight excluding hydrogens is 388 g/mol. The van der Waals surface area contributed by atoms with Gasteiger partial charge in [0.05, 0.1) is 23.5 Å². The molecule has 10 heteroatoms. The van der Waals surface area contributed by atoms with E-state index in [1.54, 1.807) is 27.9 Å². The molecule has 8 nitrogen and oxygen atoms in total. The van der Waals surface area contributed by atoms with Gasteiger partial charge in [-0.1, -0.05) is 18.7 Å². The topological polar surface area (TPSA) is 98.3 Å². The highest BCUT2D eigenvalue weighted by Gasteiger charge is 2.36. The van der Waals surface area contributed by atoms with E-state index in [1.165, 1.54) is 11.8 Å². The fraction of sp³-hybridized carbons (Fsp3) is 0.588. The third-order valence-electron chi connectivity index (χ3n) is 4.86. The lowest BCUT2D eigenvalue weighted by molar-refractivity contribution is -0.132. The van der Waals surface area contributed by atoms with Crippen molar-refractivity contribution in [2.24, 2.45) is 7.05 Å². The highest BCUT2D eigenvalue weighted by Crippen LogP contribution is 2.26. The summed E-state index contributed by atoms with van der Waals surface area (Å²) in [6.45, 7) is 3.96. The predicted molar refractivity (Wildman–Crippen MR) is 103 cm³/mol. The van der Waals surface area contributed by atoms with Crippen molar-refractivity contribution in [1.82, 2.24) is 19.7 Å². The molecule has 1 fully saturated rings. The summed E-state index contributed by atoms with van der Waals surface area (Å²) >= 11 is 1.30. The molecule has 2 atom stereocenters. The molecule has 0 saturated carbocycles. The first kappa shape index (κ1) is 19.9. The monoisotopic (exact) mass is 412 g/mol. The smallest absolute Gasteiger partial charge is 0.233 e. The first-order valence-electron chi connectivity index (χ1n) is 8.90. The van der Waals surface area contributed by atoms with Gasteiger partial charge in [-0.25, -0.2) is 8.42 Å². The zero-order valence-electron chi connectivity index (χ0n) is 15.7. The number of aromatic nitrogens is 3. The summed E-state index contributed by atoms with van der Waals surface area (Å²) in [5.74, 6) is 1.53. The molecule has 0 aromatic carbocycles. The molecule has 0 unspecified atom stereocenters. The zero-order chi connectivity index (χ0) is 19.6. The minimum absolute atomic E-state index is 0.00502. The van der Waals surface area contributed by atoms with E-state index in [0.717, 1.165) is 6.42 Å². The van der Waals surface area contributed by atoms with Gasteiger partial charge in [0, 0.05) is 19.1 Å². The molecule has 3 rings (SSSR count). The van der Waals surface area contributed by atoms with E-state index in [9.17, 15) is 13.2 Å². The molecule has 1 amide bonds. The SMILES string of the molecule is CC[C@@H](C)N(C(=O)CSc1nnc(-c2ccco2)n1C)[C@@H]1CCS(=O)(=O)C1. The highest BCUT2D eigenvalue weighted by molar-refractivity contribution is 7.99. The molecule has 1 aliphatic heterocycles. The summed E-state index contributed by atoms with van der Waals surface area (Å²) in [7, 11) is -1.23. The molecule has 27 heavy (non-hydrogen) atoms. The molecule has 0 spiro atoms. The Morgan fingerprint density at radius 1 is 1.48 bits per heavy atom. The van der Waals surface area contributed by atoms with Gasteiger partial charge in [0.2, 0.25) is 5.91 Å². The van der Waals surface area contributed by atoms with E-state index in [-0.39, 0.29) is 35.2 Å². The Balaban J connectivity index is 1.70. The number of hydrogen-bond donors (Lipinski definition) is 0. The van der Waals surface area contributed by atoms with Crippen LogP contribution in [0.25, 0.3) is 11.6 Å². The van der Waals surface area contributed by atoms with E-state index < -0.39 is 9.84 Å². The second-order valence-electron chi connectivity index (χ2n) is 6.75. The largest absolute Gasteiger partial charge is 0.461 e. The summed E-state index contributed by atoms with van der Waals surface area (Å²) in [6.07, 6.45) is 2.86. The lowest BCUT2D eigenvalue weighted by Gasteiger charge is -2.33. The van der Waals surface area contributed by atoms with Crippen LogP contribution in [0.2, 0.25) is 0 Å². The van der Waals surface area contributed by atoms with Crippen molar-refractivity contribution in [1.29, 1.82) is 0 Å². The van der Waals surface area contributed by atoms with Crippen molar-refractivity contribution in [2.75, 3.05) is 17.3 Å². The van der Waals surface area contributed by atoms with Crippen molar-refractivity contribution >= 4 is 27.5 Å². The van der Waals surface area contributed by atoms with Crippen LogP contribution in [0.4, 0.5) is 0 Å². The number of furan rings is 1. The minimum atomic E-state index is -3.05. The molecule has 1 aliphatic rings. The second-order valence-corrected chi connectivity index (χ2v) is 9.92. The molecule has 0 bridgehead atoms. The Morgan fingerprint density at radius 2 is 2.26 bits per heavy atom.